The van der Waals surface area contributed by atoms with E-state index in [1.54, 1.807) is 0 Å². The first kappa shape index (κ1) is 12.6. The summed E-state index contributed by atoms with van der Waals surface area (Å²) in [4.78, 5) is 6.78. The molecule has 1 aromatic heterocycles. The monoisotopic (exact) mass is 236 g/mol. The Morgan fingerprint density at radius 3 is 3.18 bits per heavy atom. The molecule has 1 unspecified atom stereocenters. The number of nitrogens with two attached hydrogens (primary N) is 1. The van der Waals surface area contributed by atoms with Gasteiger partial charge in [0.15, 0.2) is 0 Å². The highest BCUT2D eigenvalue weighted by atomic mass is 15.2. The van der Waals surface area contributed by atoms with E-state index < -0.39 is 0 Å². The highest BCUT2D eigenvalue weighted by Crippen LogP contribution is 2.17. The number of hydrogen-bond donors (Lipinski definition) is 1. The third kappa shape index (κ3) is 3.30. The van der Waals surface area contributed by atoms with E-state index in [0.717, 1.165) is 32.6 Å². The van der Waals surface area contributed by atoms with Gasteiger partial charge in [-0.2, -0.15) is 0 Å². The number of rotatable bonds is 5. The molecule has 1 aliphatic heterocycles. The predicted molar refractivity (Wildman–Crippen MR) is 69.6 cm³/mol. The van der Waals surface area contributed by atoms with Crippen LogP contribution in [0.3, 0.4) is 0 Å². The van der Waals surface area contributed by atoms with Crippen LogP contribution in [0.2, 0.25) is 0 Å². The van der Waals surface area contributed by atoms with Crippen LogP contribution >= 0.6 is 0 Å². The normalized spacial score (nSPS) is 21.9. The average Bonchev–Trinajstić information content (AvgIpc) is 2.78. The van der Waals surface area contributed by atoms with Gasteiger partial charge >= 0.3 is 0 Å². The van der Waals surface area contributed by atoms with Crippen molar-refractivity contribution < 1.29 is 0 Å². The van der Waals surface area contributed by atoms with E-state index in [9.17, 15) is 0 Å². The van der Waals surface area contributed by atoms with Gasteiger partial charge < -0.3 is 10.3 Å². The van der Waals surface area contributed by atoms with Crippen LogP contribution in [0.1, 0.15) is 31.9 Å². The van der Waals surface area contributed by atoms with E-state index in [-0.39, 0.29) is 0 Å². The lowest BCUT2D eigenvalue weighted by atomic mass is 9.98. The Balaban J connectivity index is 1.93. The minimum atomic E-state index is 0.686. The molecule has 1 atom stereocenters. The zero-order chi connectivity index (χ0) is 12.1. The van der Waals surface area contributed by atoms with E-state index in [4.69, 9.17) is 5.73 Å². The molecular formula is C13H24N4. The second-order valence-corrected chi connectivity index (χ2v) is 5.06. The molecule has 0 saturated carbocycles. The maximum absolute atomic E-state index is 5.77. The Labute approximate surface area is 104 Å². The van der Waals surface area contributed by atoms with Crippen LogP contribution in [0.15, 0.2) is 12.5 Å². The molecule has 96 valence electrons. The first-order valence-corrected chi connectivity index (χ1v) is 6.75. The van der Waals surface area contributed by atoms with Gasteiger partial charge in [-0.25, -0.2) is 4.98 Å². The minimum Gasteiger partial charge on any atom is -0.333 e. The zero-order valence-electron chi connectivity index (χ0n) is 10.8. The van der Waals surface area contributed by atoms with E-state index >= 15 is 0 Å². The summed E-state index contributed by atoms with van der Waals surface area (Å²) in [5.41, 5.74) is 7.11. The summed E-state index contributed by atoms with van der Waals surface area (Å²) in [6.07, 6.45) is 7.69. The van der Waals surface area contributed by atoms with Gasteiger partial charge in [-0.1, -0.05) is 6.92 Å². The summed E-state index contributed by atoms with van der Waals surface area (Å²) in [6, 6.07) is 0. The van der Waals surface area contributed by atoms with Crippen molar-refractivity contribution in [3.63, 3.8) is 0 Å². The van der Waals surface area contributed by atoms with Crippen molar-refractivity contribution in [2.45, 2.75) is 39.3 Å². The molecule has 1 fully saturated rings. The SMILES string of the molecule is CCCn1cncc1CN1CCCC(CN)C1. The molecule has 2 N–H and O–H groups in total. The lowest BCUT2D eigenvalue weighted by Gasteiger charge is -2.32. The molecule has 0 aliphatic carbocycles. The number of aromatic nitrogens is 2. The zero-order valence-corrected chi connectivity index (χ0v) is 10.8. The number of hydrogen-bond acceptors (Lipinski definition) is 3. The topological polar surface area (TPSA) is 47.1 Å². The molecule has 0 radical (unpaired) electrons. The van der Waals surface area contributed by atoms with Gasteiger partial charge in [-0.15, -0.1) is 0 Å². The van der Waals surface area contributed by atoms with Gasteiger partial charge in [-0.3, -0.25) is 4.90 Å². The molecule has 2 heterocycles. The molecule has 1 saturated heterocycles. The van der Waals surface area contributed by atoms with Crippen molar-refractivity contribution in [1.82, 2.24) is 14.5 Å². The third-order valence-corrected chi connectivity index (χ3v) is 3.59. The number of nitrogens with zero attached hydrogens (tertiary/aromatic N) is 3. The molecule has 0 amide bonds. The Morgan fingerprint density at radius 2 is 2.41 bits per heavy atom. The lowest BCUT2D eigenvalue weighted by molar-refractivity contribution is 0.167. The molecule has 0 spiro atoms. The Hall–Kier alpha value is -0.870. The Kier molecular flexibility index (Phi) is 4.57. The van der Waals surface area contributed by atoms with E-state index in [2.05, 4.69) is 21.4 Å². The van der Waals surface area contributed by atoms with Crippen LogP contribution < -0.4 is 5.73 Å². The number of likely N-dealkylation sites (tertiary alicyclic amines) is 1. The van der Waals surface area contributed by atoms with Gasteiger partial charge in [-0.05, 0) is 38.3 Å². The molecule has 2 rings (SSSR count). The van der Waals surface area contributed by atoms with Gasteiger partial charge in [0.25, 0.3) is 0 Å². The molecule has 1 aromatic rings. The molecule has 0 bridgehead atoms. The van der Waals surface area contributed by atoms with E-state index in [1.165, 1.54) is 25.1 Å². The summed E-state index contributed by atoms with van der Waals surface area (Å²) in [5, 5.41) is 0. The molecule has 4 heteroatoms. The van der Waals surface area contributed by atoms with Gasteiger partial charge in [0.2, 0.25) is 0 Å². The Morgan fingerprint density at radius 1 is 1.53 bits per heavy atom. The maximum Gasteiger partial charge on any atom is 0.0948 e. The quantitative estimate of drug-likeness (QED) is 0.842. The first-order chi connectivity index (χ1) is 8.33. The summed E-state index contributed by atoms with van der Waals surface area (Å²) in [6.45, 7) is 7.47. The van der Waals surface area contributed by atoms with Crippen LogP contribution in [-0.2, 0) is 13.1 Å². The fraction of sp³-hybridized carbons (Fsp3) is 0.769. The van der Waals surface area contributed by atoms with E-state index in [0.29, 0.717) is 5.92 Å². The molecule has 0 aromatic carbocycles. The molecule has 4 nitrogen and oxygen atoms in total. The fourth-order valence-electron chi connectivity index (χ4n) is 2.64. The van der Waals surface area contributed by atoms with Crippen molar-refractivity contribution in [2.24, 2.45) is 11.7 Å². The second kappa shape index (κ2) is 6.17. The number of piperidine rings is 1. The minimum absolute atomic E-state index is 0.686. The fourth-order valence-corrected chi connectivity index (χ4v) is 2.64. The molecule has 1 aliphatic rings. The van der Waals surface area contributed by atoms with Gasteiger partial charge in [0, 0.05) is 25.8 Å². The van der Waals surface area contributed by atoms with Gasteiger partial charge in [0.05, 0.1) is 12.0 Å². The van der Waals surface area contributed by atoms with Crippen LogP contribution in [0.25, 0.3) is 0 Å². The first-order valence-electron chi connectivity index (χ1n) is 6.75. The van der Waals surface area contributed by atoms with Crippen molar-refractivity contribution in [1.29, 1.82) is 0 Å². The highest BCUT2D eigenvalue weighted by molar-refractivity contribution is 4.98. The van der Waals surface area contributed by atoms with Crippen molar-refractivity contribution in [2.75, 3.05) is 19.6 Å². The second-order valence-electron chi connectivity index (χ2n) is 5.06. The van der Waals surface area contributed by atoms with Crippen LogP contribution in [-0.4, -0.2) is 34.1 Å². The summed E-state index contributed by atoms with van der Waals surface area (Å²) >= 11 is 0. The van der Waals surface area contributed by atoms with Crippen LogP contribution in [0, 0.1) is 5.92 Å². The molecule has 17 heavy (non-hydrogen) atoms. The van der Waals surface area contributed by atoms with Crippen molar-refractivity contribution in [3.05, 3.63) is 18.2 Å². The smallest absolute Gasteiger partial charge is 0.0948 e. The van der Waals surface area contributed by atoms with Crippen LogP contribution in [0.5, 0.6) is 0 Å². The van der Waals surface area contributed by atoms with Crippen molar-refractivity contribution in [3.8, 4) is 0 Å². The summed E-state index contributed by atoms with van der Waals surface area (Å²) < 4.78 is 2.27. The lowest BCUT2D eigenvalue weighted by Crippen LogP contribution is -2.38. The van der Waals surface area contributed by atoms with Crippen molar-refractivity contribution >= 4 is 0 Å². The highest BCUT2D eigenvalue weighted by Gasteiger charge is 2.19. The number of aryl methyl sites for hydroxylation is 1. The van der Waals surface area contributed by atoms with Gasteiger partial charge in [0.1, 0.15) is 0 Å². The summed E-state index contributed by atoms with van der Waals surface area (Å²) in [7, 11) is 0. The maximum atomic E-state index is 5.77. The largest absolute Gasteiger partial charge is 0.333 e. The van der Waals surface area contributed by atoms with E-state index in [1.807, 2.05) is 12.5 Å². The average molecular weight is 236 g/mol. The number of imidazole rings is 1. The standard InChI is InChI=1S/C13H24N4/c1-2-5-17-11-15-8-13(17)10-16-6-3-4-12(7-14)9-16/h8,11-12H,2-7,9-10,14H2,1H3. The predicted octanol–water partition coefficient (Wildman–Crippen LogP) is 1.46. The third-order valence-electron chi connectivity index (χ3n) is 3.59. The molecular weight excluding hydrogens is 212 g/mol. The Bertz CT molecular complexity index is 334. The van der Waals surface area contributed by atoms with Crippen LogP contribution in [0.4, 0.5) is 0 Å². The summed E-state index contributed by atoms with van der Waals surface area (Å²) in [5.74, 6) is 0.686.